The van der Waals surface area contributed by atoms with Crippen molar-refractivity contribution in [1.29, 1.82) is 0 Å². The van der Waals surface area contributed by atoms with Gasteiger partial charge in [-0.3, -0.25) is 19.1 Å². The summed E-state index contributed by atoms with van der Waals surface area (Å²) in [6, 6.07) is 0. The van der Waals surface area contributed by atoms with Gasteiger partial charge in [0, 0.05) is 24.6 Å². The van der Waals surface area contributed by atoms with Crippen LogP contribution in [0, 0.1) is 6.92 Å². The molecule has 0 aliphatic carbocycles. The number of aromatic amines is 1. The topological polar surface area (TPSA) is 111 Å². The zero-order valence-corrected chi connectivity index (χ0v) is 13.3. The number of carbonyl (C=O) groups excluding carboxylic acids is 1. The van der Waals surface area contributed by atoms with Crippen molar-refractivity contribution < 1.29 is 19.4 Å². The van der Waals surface area contributed by atoms with Crippen LogP contribution in [-0.2, 0) is 14.3 Å². The van der Waals surface area contributed by atoms with E-state index in [1.165, 1.54) is 10.8 Å². The zero-order chi connectivity index (χ0) is 17.0. The normalized spacial score (nSPS) is 23.9. The van der Waals surface area contributed by atoms with Crippen LogP contribution in [0.3, 0.4) is 0 Å². The van der Waals surface area contributed by atoms with Crippen molar-refractivity contribution in [2.45, 2.75) is 58.0 Å². The third-order valence-electron chi connectivity index (χ3n) is 3.80. The summed E-state index contributed by atoms with van der Waals surface area (Å²) in [5.41, 5.74) is -0.679. The largest absolute Gasteiger partial charge is 0.463 e. The Balaban J connectivity index is 1.98. The van der Waals surface area contributed by atoms with E-state index in [1.807, 2.05) is 6.92 Å². The van der Waals surface area contributed by atoms with E-state index >= 15 is 0 Å². The Morgan fingerprint density at radius 2 is 2.26 bits per heavy atom. The summed E-state index contributed by atoms with van der Waals surface area (Å²) in [5, 5.41) is 10.0. The maximum atomic E-state index is 11.8. The molecule has 0 aromatic carbocycles. The number of nitrogens with zero attached hydrogens (tertiary/aromatic N) is 1. The molecule has 23 heavy (non-hydrogen) atoms. The lowest BCUT2D eigenvalue weighted by Gasteiger charge is -2.16. The number of nitrogens with one attached hydrogen (secondary N) is 1. The fourth-order valence-electron chi connectivity index (χ4n) is 2.40. The molecule has 1 aliphatic heterocycles. The maximum absolute atomic E-state index is 11.8. The molecule has 1 aliphatic rings. The number of hydrogen-bond donors (Lipinski definition) is 2. The molecular formula is C15H22N2O6. The molecule has 0 bridgehead atoms. The highest BCUT2D eigenvalue weighted by atomic mass is 16.6. The first-order valence-electron chi connectivity index (χ1n) is 7.73. The van der Waals surface area contributed by atoms with Crippen LogP contribution in [-0.4, -0.2) is 39.4 Å². The average Bonchev–Trinajstić information content (AvgIpc) is 2.87. The molecular weight excluding hydrogens is 304 g/mol. The number of aliphatic hydroxyl groups excluding tert-OH is 1. The molecule has 1 aromatic heterocycles. The Morgan fingerprint density at radius 3 is 2.96 bits per heavy atom. The molecule has 8 heteroatoms. The Hall–Kier alpha value is -1.93. The number of rotatable bonds is 6. The minimum Gasteiger partial charge on any atom is -0.463 e. The van der Waals surface area contributed by atoms with Crippen LogP contribution < -0.4 is 11.2 Å². The van der Waals surface area contributed by atoms with Crippen molar-refractivity contribution in [3.63, 3.8) is 0 Å². The number of esters is 1. The number of H-pyrrole nitrogens is 1. The van der Waals surface area contributed by atoms with Crippen molar-refractivity contribution in [1.82, 2.24) is 9.55 Å². The monoisotopic (exact) mass is 326 g/mol. The van der Waals surface area contributed by atoms with Crippen LogP contribution in [0.5, 0.6) is 0 Å². The molecule has 2 heterocycles. The van der Waals surface area contributed by atoms with Crippen LogP contribution in [0.1, 0.15) is 44.4 Å². The number of unbranched alkanes of at least 4 members (excludes halogenated alkanes) is 1. The van der Waals surface area contributed by atoms with Crippen LogP contribution in [0.2, 0.25) is 0 Å². The first-order valence-corrected chi connectivity index (χ1v) is 7.73. The van der Waals surface area contributed by atoms with Gasteiger partial charge in [0.1, 0.15) is 18.9 Å². The van der Waals surface area contributed by atoms with E-state index in [9.17, 15) is 19.5 Å². The van der Waals surface area contributed by atoms with Crippen LogP contribution in [0.25, 0.3) is 0 Å². The van der Waals surface area contributed by atoms with Crippen molar-refractivity contribution in [2.24, 2.45) is 0 Å². The summed E-state index contributed by atoms with van der Waals surface area (Å²) in [4.78, 5) is 36.9. The van der Waals surface area contributed by atoms with Crippen molar-refractivity contribution in [3.05, 3.63) is 32.6 Å². The number of aryl methyl sites for hydroxylation is 1. The van der Waals surface area contributed by atoms with Gasteiger partial charge in [-0.2, -0.15) is 0 Å². The molecule has 0 unspecified atom stereocenters. The van der Waals surface area contributed by atoms with Gasteiger partial charge in [0.2, 0.25) is 0 Å². The van der Waals surface area contributed by atoms with Gasteiger partial charge in [-0.25, -0.2) is 4.79 Å². The lowest BCUT2D eigenvalue weighted by atomic mass is 10.2. The van der Waals surface area contributed by atoms with Gasteiger partial charge in [0.15, 0.2) is 0 Å². The molecule has 2 N–H and O–H groups in total. The van der Waals surface area contributed by atoms with Gasteiger partial charge in [-0.05, 0) is 13.3 Å². The van der Waals surface area contributed by atoms with Crippen molar-refractivity contribution in [3.8, 4) is 0 Å². The summed E-state index contributed by atoms with van der Waals surface area (Å²) >= 11 is 0. The second-order valence-electron chi connectivity index (χ2n) is 5.70. The summed E-state index contributed by atoms with van der Waals surface area (Å²) in [5.74, 6) is -0.330. The summed E-state index contributed by atoms with van der Waals surface area (Å²) < 4.78 is 11.9. The third kappa shape index (κ3) is 4.29. The standard InChI is InChI=1S/C15H22N2O6/c1-3-4-5-13(19)22-8-11-10(18)6-12(23-11)17-7-9(2)14(20)16-15(17)21/h7,10-12,18H,3-6,8H2,1-2H3,(H,16,20,21)/t10-,11+,12+/m0/s1. The van der Waals surface area contributed by atoms with E-state index < -0.39 is 29.7 Å². The van der Waals surface area contributed by atoms with Gasteiger partial charge in [-0.1, -0.05) is 13.3 Å². The van der Waals surface area contributed by atoms with Crippen LogP contribution in [0.15, 0.2) is 15.8 Å². The van der Waals surface area contributed by atoms with E-state index in [0.717, 1.165) is 12.8 Å². The Kier molecular flexibility index (Phi) is 5.73. The maximum Gasteiger partial charge on any atom is 0.330 e. The van der Waals surface area contributed by atoms with Gasteiger partial charge >= 0.3 is 11.7 Å². The van der Waals surface area contributed by atoms with Crippen LogP contribution >= 0.6 is 0 Å². The number of ether oxygens (including phenoxy) is 2. The highest BCUT2D eigenvalue weighted by Gasteiger charge is 2.36. The molecule has 8 nitrogen and oxygen atoms in total. The van der Waals surface area contributed by atoms with Crippen molar-refractivity contribution in [2.75, 3.05) is 6.61 Å². The summed E-state index contributed by atoms with van der Waals surface area (Å²) in [7, 11) is 0. The Morgan fingerprint density at radius 1 is 1.52 bits per heavy atom. The van der Waals surface area contributed by atoms with E-state index in [-0.39, 0.29) is 19.0 Å². The van der Waals surface area contributed by atoms with Gasteiger partial charge in [0.25, 0.3) is 5.56 Å². The minimum absolute atomic E-state index is 0.0582. The zero-order valence-electron chi connectivity index (χ0n) is 13.3. The molecule has 0 saturated carbocycles. The van der Waals surface area contributed by atoms with E-state index in [0.29, 0.717) is 12.0 Å². The van der Waals surface area contributed by atoms with Crippen molar-refractivity contribution >= 4 is 5.97 Å². The lowest BCUT2D eigenvalue weighted by Crippen LogP contribution is -2.33. The fraction of sp³-hybridized carbons (Fsp3) is 0.667. The van der Waals surface area contributed by atoms with Gasteiger partial charge < -0.3 is 14.6 Å². The predicted molar refractivity (Wildman–Crippen MR) is 81.1 cm³/mol. The van der Waals surface area contributed by atoms with E-state index in [1.54, 1.807) is 6.92 Å². The Bertz CT molecular complexity index is 665. The molecule has 1 fully saturated rings. The first-order chi connectivity index (χ1) is 10.9. The highest BCUT2D eigenvalue weighted by molar-refractivity contribution is 5.69. The molecule has 0 spiro atoms. The number of carbonyl (C=O) groups is 1. The smallest absolute Gasteiger partial charge is 0.330 e. The van der Waals surface area contributed by atoms with Crippen LogP contribution in [0.4, 0.5) is 0 Å². The molecule has 1 saturated heterocycles. The molecule has 0 radical (unpaired) electrons. The van der Waals surface area contributed by atoms with E-state index in [4.69, 9.17) is 9.47 Å². The van der Waals surface area contributed by atoms with Gasteiger partial charge in [0.05, 0.1) is 6.10 Å². The van der Waals surface area contributed by atoms with Gasteiger partial charge in [-0.15, -0.1) is 0 Å². The SMILES string of the molecule is CCCCC(=O)OC[C@H]1O[C@@H](n2cc(C)c(=O)[nH]c2=O)C[C@@H]1O. The predicted octanol–water partition coefficient (Wildman–Crippen LogP) is 0.227. The quantitative estimate of drug-likeness (QED) is 0.724. The summed E-state index contributed by atoms with van der Waals surface area (Å²) in [6.45, 7) is 3.50. The fourth-order valence-corrected chi connectivity index (χ4v) is 2.40. The average molecular weight is 326 g/mol. The number of hydrogen-bond acceptors (Lipinski definition) is 6. The third-order valence-corrected chi connectivity index (χ3v) is 3.80. The highest BCUT2D eigenvalue weighted by Crippen LogP contribution is 2.27. The molecule has 128 valence electrons. The molecule has 2 rings (SSSR count). The van der Waals surface area contributed by atoms with E-state index in [2.05, 4.69) is 4.98 Å². The first kappa shape index (κ1) is 17.4. The number of aromatic nitrogens is 2. The molecule has 1 aromatic rings. The Labute approximate surface area is 133 Å². The lowest BCUT2D eigenvalue weighted by molar-refractivity contribution is -0.150. The second-order valence-corrected chi connectivity index (χ2v) is 5.70. The molecule has 0 amide bonds. The molecule has 3 atom stereocenters. The minimum atomic E-state index is -0.849. The summed E-state index contributed by atoms with van der Waals surface area (Å²) in [6.07, 6.45) is 1.32. The second kappa shape index (κ2) is 7.56. The number of aliphatic hydroxyl groups is 1.